The fourth-order valence-corrected chi connectivity index (χ4v) is 2.83. The van der Waals surface area contributed by atoms with Crippen LogP contribution in [-0.2, 0) is 0 Å². The predicted octanol–water partition coefficient (Wildman–Crippen LogP) is 5.82. The molecule has 0 spiro atoms. The van der Waals surface area contributed by atoms with E-state index in [1.54, 1.807) is 11.3 Å². The highest BCUT2D eigenvalue weighted by Crippen LogP contribution is 2.25. The van der Waals surface area contributed by atoms with Crippen LogP contribution in [0.2, 0.25) is 5.02 Å². The van der Waals surface area contributed by atoms with Gasteiger partial charge in [0.2, 0.25) is 0 Å². The minimum Gasteiger partial charge on any atom is -0.256 e. The van der Waals surface area contributed by atoms with Crippen LogP contribution in [0.3, 0.4) is 0 Å². The summed E-state index contributed by atoms with van der Waals surface area (Å²) in [7, 11) is 0. The molecule has 1 aromatic heterocycles. The Morgan fingerprint density at radius 2 is 1.85 bits per heavy atom. The van der Waals surface area contributed by atoms with Crippen LogP contribution in [0, 0.1) is 0 Å². The van der Waals surface area contributed by atoms with E-state index in [1.807, 2.05) is 42.6 Å². The lowest BCUT2D eigenvalue weighted by molar-refractivity contribution is 1.52. The summed E-state index contributed by atoms with van der Waals surface area (Å²) in [5.41, 5.74) is 3.16. The molecule has 0 fully saturated rings. The summed E-state index contributed by atoms with van der Waals surface area (Å²) in [6.07, 6.45) is 1.86. The van der Waals surface area contributed by atoms with E-state index in [9.17, 15) is 0 Å². The molecule has 3 aromatic rings. The van der Waals surface area contributed by atoms with Gasteiger partial charge in [0.15, 0.2) is 0 Å². The van der Waals surface area contributed by atoms with Crippen LogP contribution >= 0.6 is 22.9 Å². The smallest absolute Gasteiger partial charge is 0.0644 e. The number of hydrogen-bond donors (Lipinski definition) is 0. The van der Waals surface area contributed by atoms with Crippen molar-refractivity contribution in [3.8, 4) is 10.4 Å². The third-order valence-corrected chi connectivity index (χ3v) is 4.02. The minimum atomic E-state index is 0.701. The van der Waals surface area contributed by atoms with Crippen LogP contribution in [0.5, 0.6) is 0 Å². The molecule has 0 aliphatic carbocycles. The zero-order chi connectivity index (χ0) is 13.8. The Hall–Kier alpha value is -1.90. The molecule has 0 atom stereocenters. The maximum Gasteiger partial charge on any atom is 0.0644 e. The Bertz CT molecular complexity index is 732. The van der Waals surface area contributed by atoms with Gasteiger partial charge in [-0.05, 0) is 46.8 Å². The molecule has 3 rings (SSSR count). The van der Waals surface area contributed by atoms with Gasteiger partial charge in [0.05, 0.1) is 5.69 Å². The SMILES string of the molecule is Clc1cccc(N=Cc2cccc(-c3cccs3)c2)c1. The van der Waals surface area contributed by atoms with Crippen molar-refractivity contribution in [1.82, 2.24) is 0 Å². The number of rotatable bonds is 3. The fraction of sp³-hybridized carbons (Fsp3) is 0. The number of halogens is 1. The second-order valence-electron chi connectivity index (χ2n) is 4.34. The van der Waals surface area contributed by atoms with Gasteiger partial charge in [-0.3, -0.25) is 4.99 Å². The molecule has 0 aliphatic rings. The second-order valence-corrected chi connectivity index (χ2v) is 5.72. The van der Waals surface area contributed by atoms with E-state index in [4.69, 9.17) is 11.6 Å². The molecule has 0 saturated carbocycles. The number of benzene rings is 2. The standard InChI is InChI=1S/C17H12ClNS/c18-15-6-2-7-16(11-15)19-12-13-4-1-5-14(10-13)17-8-3-9-20-17/h1-12H. The Labute approximate surface area is 127 Å². The first-order chi connectivity index (χ1) is 9.81. The van der Waals surface area contributed by atoms with Gasteiger partial charge in [0, 0.05) is 16.1 Å². The molecule has 0 N–H and O–H groups in total. The summed E-state index contributed by atoms with van der Waals surface area (Å²) >= 11 is 7.69. The molecular formula is C17H12ClNS. The Morgan fingerprint density at radius 3 is 2.65 bits per heavy atom. The second kappa shape index (κ2) is 6.04. The molecule has 0 saturated heterocycles. The summed E-state index contributed by atoms with van der Waals surface area (Å²) in [6, 6.07) is 20.1. The summed E-state index contributed by atoms with van der Waals surface area (Å²) in [4.78, 5) is 5.72. The molecule has 3 heteroatoms. The molecule has 0 bridgehead atoms. The van der Waals surface area contributed by atoms with Gasteiger partial charge in [-0.2, -0.15) is 0 Å². The average Bonchev–Trinajstić information content (AvgIpc) is 3.00. The summed E-state index contributed by atoms with van der Waals surface area (Å²) < 4.78 is 0. The van der Waals surface area contributed by atoms with Crippen molar-refractivity contribution in [2.24, 2.45) is 4.99 Å². The van der Waals surface area contributed by atoms with Gasteiger partial charge < -0.3 is 0 Å². The van der Waals surface area contributed by atoms with E-state index in [2.05, 4.69) is 34.6 Å². The summed E-state index contributed by atoms with van der Waals surface area (Å²) in [5.74, 6) is 0. The fourth-order valence-electron chi connectivity index (χ4n) is 1.92. The van der Waals surface area contributed by atoms with Gasteiger partial charge in [0.1, 0.15) is 0 Å². The minimum absolute atomic E-state index is 0.701. The van der Waals surface area contributed by atoms with Crippen LogP contribution in [0.1, 0.15) is 5.56 Å². The van der Waals surface area contributed by atoms with E-state index >= 15 is 0 Å². The Balaban J connectivity index is 1.86. The molecule has 0 radical (unpaired) electrons. The molecule has 0 unspecified atom stereocenters. The number of nitrogens with zero attached hydrogens (tertiary/aromatic N) is 1. The van der Waals surface area contributed by atoms with Crippen LogP contribution in [-0.4, -0.2) is 6.21 Å². The van der Waals surface area contributed by atoms with Gasteiger partial charge in [-0.15, -0.1) is 11.3 Å². The molecule has 2 aromatic carbocycles. The monoisotopic (exact) mass is 297 g/mol. The van der Waals surface area contributed by atoms with Crippen molar-refractivity contribution >= 4 is 34.8 Å². The van der Waals surface area contributed by atoms with Crippen molar-refractivity contribution in [2.45, 2.75) is 0 Å². The van der Waals surface area contributed by atoms with Crippen LogP contribution < -0.4 is 0 Å². The summed E-state index contributed by atoms with van der Waals surface area (Å²) in [5, 5.41) is 2.79. The van der Waals surface area contributed by atoms with Crippen molar-refractivity contribution in [2.75, 3.05) is 0 Å². The van der Waals surface area contributed by atoms with E-state index in [1.165, 1.54) is 10.4 Å². The molecule has 1 nitrogen and oxygen atoms in total. The number of aliphatic imine (C=N–C) groups is 1. The van der Waals surface area contributed by atoms with Gasteiger partial charge in [0.25, 0.3) is 0 Å². The van der Waals surface area contributed by atoms with Gasteiger partial charge in [-0.25, -0.2) is 0 Å². The number of thiophene rings is 1. The van der Waals surface area contributed by atoms with Crippen molar-refractivity contribution in [3.05, 3.63) is 76.6 Å². The lowest BCUT2D eigenvalue weighted by Gasteiger charge is -1.99. The quantitative estimate of drug-likeness (QED) is 0.540. The van der Waals surface area contributed by atoms with E-state index in [0.717, 1.165) is 11.3 Å². The molecule has 98 valence electrons. The lowest BCUT2D eigenvalue weighted by Crippen LogP contribution is -1.81. The van der Waals surface area contributed by atoms with Crippen LogP contribution in [0.4, 0.5) is 5.69 Å². The Kier molecular flexibility index (Phi) is 3.95. The van der Waals surface area contributed by atoms with E-state index < -0.39 is 0 Å². The van der Waals surface area contributed by atoms with Crippen LogP contribution in [0.25, 0.3) is 10.4 Å². The van der Waals surface area contributed by atoms with Crippen molar-refractivity contribution < 1.29 is 0 Å². The molecular weight excluding hydrogens is 286 g/mol. The largest absolute Gasteiger partial charge is 0.256 e. The zero-order valence-corrected chi connectivity index (χ0v) is 12.2. The first-order valence-corrected chi connectivity index (χ1v) is 7.50. The van der Waals surface area contributed by atoms with E-state index in [0.29, 0.717) is 5.02 Å². The summed E-state index contributed by atoms with van der Waals surface area (Å²) in [6.45, 7) is 0. The van der Waals surface area contributed by atoms with Gasteiger partial charge in [-0.1, -0.05) is 41.9 Å². The van der Waals surface area contributed by atoms with Crippen molar-refractivity contribution in [1.29, 1.82) is 0 Å². The lowest BCUT2D eigenvalue weighted by atomic mass is 10.1. The van der Waals surface area contributed by atoms with Gasteiger partial charge >= 0.3 is 0 Å². The molecule has 0 aliphatic heterocycles. The predicted molar refractivity (Wildman–Crippen MR) is 88.5 cm³/mol. The molecule has 0 amide bonds. The number of hydrogen-bond acceptors (Lipinski definition) is 2. The first kappa shape index (κ1) is 13.1. The van der Waals surface area contributed by atoms with E-state index in [-0.39, 0.29) is 0 Å². The maximum absolute atomic E-state index is 5.95. The molecule has 1 heterocycles. The third kappa shape index (κ3) is 3.16. The Morgan fingerprint density at radius 1 is 0.950 bits per heavy atom. The highest BCUT2D eigenvalue weighted by Gasteiger charge is 1.98. The highest BCUT2D eigenvalue weighted by molar-refractivity contribution is 7.13. The molecule has 20 heavy (non-hydrogen) atoms. The average molecular weight is 298 g/mol. The highest BCUT2D eigenvalue weighted by atomic mass is 35.5. The third-order valence-electron chi connectivity index (χ3n) is 2.86. The topological polar surface area (TPSA) is 12.4 Å². The maximum atomic E-state index is 5.95. The normalized spacial score (nSPS) is 11.1. The van der Waals surface area contributed by atoms with Crippen LogP contribution in [0.15, 0.2) is 71.0 Å². The zero-order valence-electron chi connectivity index (χ0n) is 10.7. The van der Waals surface area contributed by atoms with Crippen molar-refractivity contribution in [3.63, 3.8) is 0 Å². The first-order valence-electron chi connectivity index (χ1n) is 6.25.